The maximum atomic E-state index is 11.4. The normalized spacial score (nSPS) is 11.9. The van der Waals surface area contributed by atoms with Crippen LogP contribution in [0.3, 0.4) is 0 Å². The standard InChI is InChI=1S/C23H38O4/c1-3-5-7-9-10-12-14-22(23(24)25)27-21-17-15-20(16-18-21)26-19-13-11-8-6-4-2/h15-18,22H,3-14,19H2,1-2H3,(H,24,25). The topological polar surface area (TPSA) is 55.8 Å². The molecule has 1 aromatic rings. The molecule has 1 atom stereocenters. The maximum absolute atomic E-state index is 11.4. The van der Waals surface area contributed by atoms with Gasteiger partial charge in [-0.25, -0.2) is 4.79 Å². The van der Waals surface area contributed by atoms with Gasteiger partial charge in [0.05, 0.1) is 6.61 Å². The van der Waals surface area contributed by atoms with Crippen molar-refractivity contribution in [3.8, 4) is 11.5 Å². The number of hydrogen-bond acceptors (Lipinski definition) is 3. The van der Waals surface area contributed by atoms with Crippen LogP contribution in [0.25, 0.3) is 0 Å². The molecule has 0 aliphatic carbocycles. The van der Waals surface area contributed by atoms with E-state index < -0.39 is 12.1 Å². The first-order valence-electron chi connectivity index (χ1n) is 10.8. The molecule has 154 valence electrons. The molecule has 0 bridgehead atoms. The minimum absolute atomic E-state index is 0.553. The van der Waals surface area contributed by atoms with Crippen molar-refractivity contribution in [3.63, 3.8) is 0 Å². The number of ether oxygens (including phenoxy) is 2. The number of rotatable bonds is 17. The Balaban J connectivity index is 2.30. The summed E-state index contributed by atoms with van der Waals surface area (Å²) in [6.07, 6.45) is 12.7. The zero-order valence-electron chi connectivity index (χ0n) is 17.3. The van der Waals surface area contributed by atoms with Gasteiger partial charge in [0.15, 0.2) is 6.10 Å². The monoisotopic (exact) mass is 378 g/mol. The quantitative estimate of drug-likeness (QED) is 0.310. The Morgan fingerprint density at radius 2 is 1.33 bits per heavy atom. The molecular weight excluding hydrogens is 340 g/mol. The van der Waals surface area contributed by atoms with E-state index in [-0.39, 0.29) is 0 Å². The van der Waals surface area contributed by atoms with Gasteiger partial charge in [-0.3, -0.25) is 0 Å². The molecule has 4 heteroatoms. The van der Waals surface area contributed by atoms with Crippen LogP contribution in [-0.2, 0) is 4.79 Å². The summed E-state index contributed by atoms with van der Waals surface area (Å²) in [7, 11) is 0. The van der Waals surface area contributed by atoms with E-state index in [9.17, 15) is 9.90 Å². The fraction of sp³-hybridized carbons (Fsp3) is 0.696. The maximum Gasteiger partial charge on any atom is 0.344 e. The van der Waals surface area contributed by atoms with Gasteiger partial charge >= 0.3 is 5.97 Å². The molecule has 0 aromatic heterocycles. The minimum Gasteiger partial charge on any atom is -0.494 e. The molecule has 0 heterocycles. The summed E-state index contributed by atoms with van der Waals surface area (Å²) in [6.45, 7) is 5.13. The second kappa shape index (κ2) is 15.4. The SMILES string of the molecule is CCCCCCCCC(Oc1ccc(OCCCCCCC)cc1)C(=O)O. The van der Waals surface area contributed by atoms with Crippen molar-refractivity contribution < 1.29 is 19.4 Å². The predicted octanol–water partition coefficient (Wildman–Crippen LogP) is 6.62. The Morgan fingerprint density at radius 3 is 1.93 bits per heavy atom. The molecule has 0 radical (unpaired) electrons. The van der Waals surface area contributed by atoms with Gasteiger partial charge in [0.2, 0.25) is 0 Å². The molecule has 0 aliphatic heterocycles. The largest absolute Gasteiger partial charge is 0.494 e. The number of hydrogen-bond donors (Lipinski definition) is 1. The van der Waals surface area contributed by atoms with E-state index in [1.807, 2.05) is 12.1 Å². The average molecular weight is 379 g/mol. The lowest BCUT2D eigenvalue weighted by Gasteiger charge is -2.15. The summed E-state index contributed by atoms with van der Waals surface area (Å²) < 4.78 is 11.4. The third kappa shape index (κ3) is 11.6. The first-order chi connectivity index (χ1) is 13.2. The highest BCUT2D eigenvalue weighted by molar-refractivity contribution is 5.72. The highest BCUT2D eigenvalue weighted by Crippen LogP contribution is 2.21. The summed E-state index contributed by atoms with van der Waals surface area (Å²) >= 11 is 0. The molecule has 0 spiro atoms. The van der Waals surface area contributed by atoms with Gasteiger partial charge < -0.3 is 14.6 Å². The zero-order chi connectivity index (χ0) is 19.7. The molecule has 0 saturated heterocycles. The van der Waals surface area contributed by atoms with Crippen molar-refractivity contribution in [1.29, 1.82) is 0 Å². The molecule has 1 unspecified atom stereocenters. The van der Waals surface area contributed by atoms with E-state index in [4.69, 9.17) is 9.47 Å². The fourth-order valence-electron chi connectivity index (χ4n) is 3.02. The van der Waals surface area contributed by atoms with Gasteiger partial charge in [0.25, 0.3) is 0 Å². The van der Waals surface area contributed by atoms with Crippen LogP contribution in [0.15, 0.2) is 24.3 Å². The second-order valence-corrected chi connectivity index (χ2v) is 7.24. The Kier molecular flexibility index (Phi) is 13.3. The first-order valence-corrected chi connectivity index (χ1v) is 10.8. The highest BCUT2D eigenvalue weighted by atomic mass is 16.5. The van der Waals surface area contributed by atoms with Crippen molar-refractivity contribution in [2.75, 3.05) is 6.61 Å². The number of benzene rings is 1. The van der Waals surface area contributed by atoms with Gasteiger partial charge in [0.1, 0.15) is 11.5 Å². The van der Waals surface area contributed by atoms with Crippen LogP contribution in [-0.4, -0.2) is 23.8 Å². The van der Waals surface area contributed by atoms with Crippen molar-refractivity contribution in [2.45, 2.75) is 97.0 Å². The van der Waals surface area contributed by atoms with E-state index in [2.05, 4.69) is 13.8 Å². The van der Waals surface area contributed by atoms with E-state index in [0.29, 0.717) is 12.2 Å². The minimum atomic E-state index is -0.893. The molecule has 0 saturated carbocycles. The Morgan fingerprint density at radius 1 is 0.815 bits per heavy atom. The molecule has 0 aliphatic rings. The van der Waals surface area contributed by atoms with Crippen LogP contribution < -0.4 is 9.47 Å². The summed E-state index contributed by atoms with van der Waals surface area (Å²) in [6, 6.07) is 7.29. The van der Waals surface area contributed by atoms with Gasteiger partial charge in [-0.05, 0) is 43.5 Å². The van der Waals surface area contributed by atoms with Gasteiger partial charge in [-0.15, -0.1) is 0 Å². The number of unbranched alkanes of at least 4 members (excludes halogenated alkanes) is 9. The summed E-state index contributed by atoms with van der Waals surface area (Å²) in [5, 5.41) is 9.39. The average Bonchev–Trinajstić information content (AvgIpc) is 2.67. The van der Waals surface area contributed by atoms with Crippen LogP contribution in [0, 0.1) is 0 Å². The number of carboxylic acids is 1. The molecular formula is C23H38O4. The van der Waals surface area contributed by atoms with Crippen LogP contribution >= 0.6 is 0 Å². The fourth-order valence-corrected chi connectivity index (χ4v) is 3.02. The van der Waals surface area contributed by atoms with E-state index >= 15 is 0 Å². The molecule has 1 aromatic carbocycles. The van der Waals surface area contributed by atoms with E-state index in [0.717, 1.165) is 31.6 Å². The Hall–Kier alpha value is -1.71. The van der Waals surface area contributed by atoms with Gasteiger partial charge in [-0.1, -0.05) is 71.6 Å². The van der Waals surface area contributed by atoms with Crippen molar-refractivity contribution in [3.05, 3.63) is 24.3 Å². The highest BCUT2D eigenvalue weighted by Gasteiger charge is 2.18. The zero-order valence-corrected chi connectivity index (χ0v) is 17.3. The lowest BCUT2D eigenvalue weighted by Crippen LogP contribution is -2.26. The van der Waals surface area contributed by atoms with Crippen LogP contribution in [0.4, 0.5) is 0 Å². The smallest absolute Gasteiger partial charge is 0.344 e. The van der Waals surface area contributed by atoms with Gasteiger partial charge in [0, 0.05) is 0 Å². The van der Waals surface area contributed by atoms with E-state index in [1.54, 1.807) is 12.1 Å². The van der Waals surface area contributed by atoms with Crippen molar-refractivity contribution in [2.24, 2.45) is 0 Å². The number of carbonyl (C=O) groups is 1. The second-order valence-electron chi connectivity index (χ2n) is 7.24. The summed E-state index contributed by atoms with van der Waals surface area (Å²) in [5.74, 6) is 0.500. The van der Waals surface area contributed by atoms with E-state index in [1.165, 1.54) is 51.4 Å². The summed E-state index contributed by atoms with van der Waals surface area (Å²) in [4.78, 5) is 11.4. The van der Waals surface area contributed by atoms with Crippen molar-refractivity contribution >= 4 is 5.97 Å². The van der Waals surface area contributed by atoms with Crippen molar-refractivity contribution in [1.82, 2.24) is 0 Å². The number of aliphatic carboxylic acids is 1. The lowest BCUT2D eigenvalue weighted by atomic mass is 10.1. The molecule has 4 nitrogen and oxygen atoms in total. The lowest BCUT2D eigenvalue weighted by molar-refractivity contribution is -0.145. The first kappa shape index (κ1) is 23.3. The third-order valence-corrected chi connectivity index (χ3v) is 4.71. The molecule has 0 amide bonds. The van der Waals surface area contributed by atoms with Gasteiger partial charge in [-0.2, -0.15) is 0 Å². The van der Waals surface area contributed by atoms with Crippen LogP contribution in [0.1, 0.15) is 90.9 Å². The third-order valence-electron chi connectivity index (χ3n) is 4.71. The molecule has 0 fully saturated rings. The van der Waals surface area contributed by atoms with Crippen LogP contribution in [0.2, 0.25) is 0 Å². The molecule has 27 heavy (non-hydrogen) atoms. The molecule has 1 N–H and O–H groups in total. The Bertz CT molecular complexity index is 484. The number of carboxylic acid groups (broad SMARTS) is 1. The summed E-state index contributed by atoms with van der Waals surface area (Å²) in [5.41, 5.74) is 0. The Labute approximate surface area is 165 Å². The van der Waals surface area contributed by atoms with Crippen LogP contribution in [0.5, 0.6) is 11.5 Å². The predicted molar refractivity (Wildman–Crippen MR) is 111 cm³/mol. The molecule has 1 rings (SSSR count).